The molecule has 0 saturated carbocycles. The van der Waals surface area contributed by atoms with Crippen molar-refractivity contribution in [2.45, 2.75) is 4.90 Å². The SMILES string of the molecule is CNC(=O)CN1C(=O)CSc2ccccc21. The lowest BCUT2D eigenvalue weighted by Crippen LogP contribution is -2.42. The molecule has 0 spiro atoms. The zero-order chi connectivity index (χ0) is 11.5. The predicted octanol–water partition coefficient (Wildman–Crippen LogP) is 0.871. The molecule has 1 aromatic carbocycles. The molecule has 0 saturated heterocycles. The second kappa shape index (κ2) is 4.57. The summed E-state index contributed by atoms with van der Waals surface area (Å²) in [5.41, 5.74) is 0.826. The van der Waals surface area contributed by atoms with Crippen LogP contribution in [-0.4, -0.2) is 31.2 Å². The third kappa shape index (κ3) is 2.04. The van der Waals surface area contributed by atoms with Gasteiger partial charge in [-0.25, -0.2) is 0 Å². The zero-order valence-corrected chi connectivity index (χ0v) is 9.71. The van der Waals surface area contributed by atoms with Crippen LogP contribution in [0.5, 0.6) is 0 Å². The van der Waals surface area contributed by atoms with Gasteiger partial charge in [0.05, 0.1) is 11.4 Å². The van der Waals surface area contributed by atoms with Gasteiger partial charge < -0.3 is 10.2 Å². The van der Waals surface area contributed by atoms with E-state index in [2.05, 4.69) is 5.32 Å². The number of carbonyl (C=O) groups excluding carboxylic acids is 2. The van der Waals surface area contributed by atoms with Crippen LogP contribution in [0, 0.1) is 0 Å². The second-order valence-corrected chi connectivity index (χ2v) is 4.43. The highest BCUT2D eigenvalue weighted by atomic mass is 32.2. The molecule has 0 radical (unpaired) electrons. The number of hydrogen-bond acceptors (Lipinski definition) is 3. The fraction of sp³-hybridized carbons (Fsp3) is 0.273. The van der Waals surface area contributed by atoms with Gasteiger partial charge in [0.1, 0.15) is 6.54 Å². The molecule has 2 rings (SSSR count). The molecule has 4 nitrogen and oxygen atoms in total. The van der Waals surface area contributed by atoms with Crippen LogP contribution in [0.15, 0.2) is 29.2 Å². The number of anilines is 1. The molecule has 0 bridgehead atoms. The van der Waals surface area contributed by atoms with Crippen molar-refractivity contribution in [3.05, 3.63) is 24.3 Å². The number of hydrogen-bond donors (Lipinski definition) is 1. The van der Waals surface area contributed by atoms with E-state index in [0.29, 0.717) is 5.75 Å². The molecule has 0 aliphatic carbocycles. The van der Waals surface area contributed by atoms with Gasteiger partial charge in [0.25, 0.3) is 0 Å². The van der Waals surface area contributed by atoms with Crippen molar-refractivity contribution in [3.63, 3.8) is 0 Å². The third-order valence-electron chi connectivity index (χ3n) is 2.39. The number of nitrogens with one attached hydrogen (secondary N) is 1. The van der Waals surface area contributed by atoms with E-state index < -0.39 is 0 Å². The quantitative estimate of drug-likeness (QED) is 0.829. The van der Waals surface area contributed by atoms with Crippen molar-refractivity contribution in [1.82, 2.24) is 5.32 Å². The van der Waals surface area contributed by atoms with Crippen LogP contribution in [0.1, 0.15) is 0 Å². The number of thioether (sulfide) groups is 1. The summed E-state index contributed by atoms with van der Waals surface area (Å²) in [7, 11) is 1.57. The monoisotopic (exact) mass is 236 g/mol. The molecule has 1 aliphatic heterocycles. The van der Waals surface area contributed by atoms with E-state index >= 15 is 0 Å². The summed E-state index contributed by atoms with van der Waals surface area (Å²) in [6, 6.07) is 7.63. The van der Waals surface area contributed by atoms with E-state index in [9.17, 15) is 9.59 Å². The van der Waals surface area contributed by atoms with Gasteiger partial charge in [-0.2, -0.15) is 0 Å². The molecule has 1 heterocycles. The van der Waals surface area contributed by atoms with Crippen LogP contribution in [0.25, 0.3) is 0 Å². The molecule has 0 aromatic heterocycles. The number of benzene rings is 1. The highest BCUT2D eigenvalue weighted by Crippen LogP contribution is 2.34. The van der Waals surface area contributed by atoms with Crippen molar-refractivity contribution in [1.29, 1.82) is 0 Å². The first-order chi connectivity index (χ1) is 7.72. The molecule has 5 heteroatoms. The number of para-hydroxylation sites is 1. The smallest absolute Gasteiger partial charge is 0.239 e. The number of rotatable bonds is 2. The first-order valence-electron chi connectivity index (χ1n) is 4.95. The predicted molar refractivity (Wildman–Crippen MR) is 63.6 cm³/mol. The maximum Gasteiger partial charge on any atom is 0.239 e. The summed E-state index contributed by atoms with van der Waals surface area (Å²) in [4.78, 5) is 25.6. The minimum Gasteiger partial charge on any atom is -0.358 e. The van der Waals surface area contributed by atoms with Crippen molar-refractivity contribution in [3.8, 4) is 0 Å². The van der Waals surface area contributed by atoms with Gasteiger partial charge >= 0.3 is 0 Å². The molecule has 1 aromatic rings. The van der Waals surface area contributed by atoms with Crippen molar-refractivity contribution >= 4 is 29.3 Å². The molecule has 1 aliphatic rings. The Bertz CT molecular complexity index is 434. The number of nitrogens with zero attached hydrogens (tertiary/aromatic N) is 1. The summed E-state index contributed by atoms with van der Waals surface area (Å²) >= 11 is 1.51. The van der Waals surface area contributed by atoms with Gasteiger partial charge in [-0.1, -0.05) is 12.1 Å². The maximum absolute atomic E-state index is 11.7. The van der Waals surface area contributed by atoms with Gasteiger partial charge in [-0.3, -0.25) is 9.59 Å². The molecule has 1 N–H and O–H groups in total. The van der Waals surface area contributed by atoms with E-state index in [1.165, 1.54) is 16.7 Å². The third-order valence-corrected chi connectivity index (χ3v) is 3.44. The van der Waals surface area contributed by atoms with E-state index in [4.69, 9.17) is 0 Å². The van der Waals surface area contributed by atoms with Gasteiger partial charge in [-0.05, 0) is 12.1 Å². The highest BCUT2D eigenvalue weighted by Gasteiger charge is 2.25. The number of fused-ring (bicyclic) bond motifs is 1. The Balaban J connectivity index is 2.29. The Labute approximate surface area is 98.0 Å². The Morgan fingerprint density at radius 3 is 3.00 bits per heavy atom. The largest absolute Gasteiger partial charge is 0.358 e. The van der Waals surface area contributed by atoms with Crippen molar-refractivity contribution in [2.24, 2.45) is 0 Å². The van der Waals surface area contributed by atoms with Crippen LogP contribution >= 0.6 is 11.8 Å². The summed E-state index contributed by atoms with van der Waals surface area (Å²) in [5, 5.41) is 2.52. The molecule has 0 unspecified atom stereocenters. The molecular weight excluding hydrogens is 224 g/mol. The number of amides is 2. The minimum absolute atomic E-state index is 0.0210. The summed E-state index contributed by atoms with van der Waals surface area (Å²) in [5.74, 6) is 0.218. The summed E-state index contributed by atoms with van der Waals surface area (Å²) < 4.78 is 0. The topological polar surface area (TPSA) is 49.4 Å². The lowest BCUT2D eigenvalue weighted by Gasteiger charge is -2.28. The van der Waals surface area contributed by atoms with Crippen LogP contribution in [-0.2, 0) is 9.59 Å². The Morgan fingerprint density at radius 2 is 2.25 bits per heavy atom. The normalized spacial score (nSPS) is 14.6. The fourth-order valence-electron chi connectivity index (χ4n) is 1.55. The average molecular weight is 236 g/mol. The Hall–Kier alpha value is -1.49. The molecule has 0 atom stereocenters. The molecule has 0 fully saturated rings. The first-order valence-corrected chi connectivity index (χ1v) is 5.93. The molecule has 84 valence electrons. The Morgan fingerprint density at radius 1 is 1.50 bits per heavy atom. The van der Waals surface area contributed by atoms with Crippen LogP contribution < -0.4 is 10.2 Å². The maximum atomic E-state index is 11.7. The summed E-state index contributed by atoms with van der Waals surface area (Å²) in [6.07, 6.45) is 0. The number of carbonyl (C=O) groups is 2. The zero-order valence-electron chi connectivity index (χ0n) is 8.90. The van der Waals surface area contributed by atoms with Gasteiger partial charge in [0.15, 0.2) is 0 Å². The van der Waals surface area contributed by atoms with E-state index in [1.807, 2.05) is 24.3 Å². The van der Waals surface area contributed by atoms with Crippen LogP contribution in [0.4, 0.5) is 5.69 Å². The highest BCUT2D eigenvalue weighted by molar-refractivity contribution is 8.00. The van der Waals surface area contributed by atoms with E-state index in [0.717, 1.165) is 10.6 Å². The standard InChI is InChI=1S/C11H12N2O2S/c1-12-10(14)6-13-8-4-2-3-5-9(8)16-7-11(13)15/h2-5H,6-7H2,1H3,(H,12,14). The fourth-order valence-corrected chi connectivity index (χ4v) is 2.49. The minimum atomic E-state index is -0.157. The first kappa shape index (κ1) is 11.0. The van der Waals surface area contributed by atoms with Crippen molar-refractivity contribution in [2.75, 3.05) is 24.2 Å². The summed E-state index contributed by atoms with van der Waals surface area (Å²) in [6.45, 7) is 0.0902. The Kier molecular flexibility index (Phi) is 3.14. The van der Waals surface area contributed by atoms with E-state index in [1.54, 1.807) is 7.05 Å². The van der Waals surface area contributed by atoms with Gasteiger partial charge in [0.2, 0.25) is 11.8 Å². The number of likely N-dealkylation sites (N-methyl/N-ethyl adjacent to an activating group) is 1. The van der Waals surface area contributed by atoms with E-state index in [-0.39, 0.29) is 18.4 Å². The second-order valence-electron chi connectivity index (χ2n) is 3.41. The van der Waals surface area contributed by atoms with Gasteiger partial charge in [0, 0.05) is 11.9 Å². The van der Waals surface area contributed by atoms with Crippen LogP contribution in [0.2, 0.25) is 0 Å². The lowest BCUT2D eigenvalue weighted by atomic mass is 10.2. The van der Waals surface area contributed by atoms with Crippen molar-refractivity contribution < 1.29 is 9.59 Å². The lowest BCUT2D eigenvalue weighted by molar-refractivity contribution is -0.122. The average Bonchev–Trinajstić information content (AvgIpc) is 2.32. The molecule has 2 amide bonds. The van der Waals surface area contributed by atoms with Gasteiger partial charge in [-0.15, -0.1) is 11.8 Å². The van der Waals surface area contributed by atoms with Crippen LogP contribution in [0.3, 0.4) is 0 Å². The molecule has 16 heavy (non-hydrogen) atoms. The molecular formula is C11H12N2O2S.